The van der Waals surface area contributed by atoms with Crippen LogP contribution in [-0.2, 0) is 4.74 Å². The Balaban J connectivity index is 1.79. The fraction of sp³-hybridized carbons (Fsp3) is 0.364. The van der Waals surface area contributed by atoms with Gasteiger partial charge in [0.05, 0.1) is 24.2 Å². The van der Waals surface area contributed by atoms with Crippen molar-refractivity contribution in [2.45, 2.75) is 37.4 Å². The molecule has 0 saturated carbocycles. The molecule has 0 spiro atoms. The number of aliphatic hydroxyl groups is 3. The summed E-state index contributed by atoms with van der Waals surface area (Å²) in [6.45, 7) is 1.31. The van der Waals surface area contributed by atoms with Crippen molar-refractivity contribution in [1.82, 2.24) is 14.5 Å². The molecule has 9 nitrogen and oxygen atoms in total. The van der Waals surface area contributed by atoms with Gasteiger partial charge in [0.25, 0.3) is 0 Å². The Morgan fingerprint density at radius 2 is 2.00 bits per heavy atom. The molecule has 9 heteroatoms. The van der Waals surface area contributed by atoms with E-state index in [1.807, 2.05) is 24.3 Å². The Hall–Kier alpha value is -3.16. The van der Waals surface area contributed by atoms with E-state index >= 15 is 0 Å². The molecule has 4 atom stereocenters. The Morgan fingerprint density at radius 3 is 2.68 bits per heavy atom. The summed E-state index contributed by atoms with van der Waals surface area (Å²) in [5, 5.41) is 31.3. The van der Waals surface area contributed by atoms with Gasteiger partial charge in [0.2, 0.25) is 0 Å². The van der Waals surface area contributed by atoms with Crippen LogP contribution in [0.1, 0.15) is 30.7 Å². The average Bonchev–Trinajstić information content (AvgIpc) is 3.24. The maximum Gasteiger partial charge on any atom is 0.166 e. The number of anilines is 1. The van der Waals surface area contributed by atoms with Crippen molar-refractivity contribution in [3.05, 3.63) is 47.9 Å². The quantitative estimate of drug-likeness (QED) is 0.452. The van der Waals surface area contributed by atoms with Crippen LogP contribution >= 0.6 is 0 Å². The fourth-order valence-corrected chi connectivity index (χ4v) is 3.80. The van der Waals surface area contributed by atoms with Crippen LogP contribution in [0.3, 0.4) is 0 Å². The Labute approximate surface area is 179 Å². The second-order valence-electron chi connectivity index (χ2n) is 7.60. The van der Waals surface area contributed by atoms with Crippen LogP contribution in [0.4, 0.5) is 5.82 Å². The van der Waals surface area contributed by atoms with E-state index in [0.29, 0.717) is 16.6 Å². The van der Waals surface area contributed by atoms with Gasteiger partial charge in [-0.3, -0.25) is 0 Å². The number of aliphatic hydroxyl groups excluding tert-OH is 2. The van der Waals surface area contributed by atoms with Gasteiger partial charge >= 0.3 is 0 Å². The molecule has 0 radical (unpaired) electrons. The van der Waals surface area contributed by atoms with Gasteiger partial charge in [-0.25, -0.2) is 9.97 Å². The Morgan fingerprint density at radius 1 is 1.26 bits per heavy atom. The molecule has 162 valence electrons. The number of rotatable bonds is 4. The van der Waals surface area contributed by atoms with E-state index in [4.69, 9.17) is 15.2 Å². The summed E-state index contributed by atoms with van der Waals surface area (Å²) in [5.41, 5.74) is 6.25. The number of nitrogens with two attached hydrogens (primary N) is 1. The lowest BCUT2D eigenvalue weighted by Crippen LogP contribution is -2.43. The predicted octanol–water partition coefficient (Wildman–Crippen LogP) is 0.814. The molecular weight excluding hydrogens is 400 g/mol. The number of benzene rings is 1. The van der Waals surface area contributed by atoms with Crippen molar-refractivity contribution >= 4 is 16.9 Å². The number of hydrogen-bond donors (Lipinski definition) is 4. The molecule has 1 aliphatic heterocycles. The molecule has 1 aromatic carbocycles. The fourth-order valence-electron chi connectivity index (χ4n) is 3.80. The molecule has 31 heavy (non-hydrogen) atoms. The second kappa shape index (κ2) is 8.17. The lowest BCUT2D eigenvalue weighted by molar-refractivity contribution is -0.0941. The smallest absolute Gasteiger partial charge is 0.166 e. The molecule has 4 rings (SSSR count). The van der Waals surface area contributed by atoms with E-state index in [1.165, 1.54) is 13.3 Å². The molecule has 3 heterocycles. The molecule has 0 aliphatic carbocycles. The van der Waals surface area contributed by atoms with Crippen LogP contribution in [0.5, 0.6) is 5.75 Å². The highest BCUT2D eigenvalue weighted by molar-refractivity contribution is 5.92. The zero-order valence-corrected chi connectivity index (χ0v) is 17.2. The maximum absolute atomic E-state index is 11.0. The number of nitrogen functional groups attached to an aromatic ring is 1. The molecule has 3 aromatic rings. The van der Waals surface area contributed by atoms with Crippen molar-refractivity contribution in [3.8, 4) is 17.6 Å². The number of ether oxygens (including phenoxy) is 2. The normalized spacial score (nSPS) is 25.4. The summed E-state index contributed by atoms with van der Waals surface area (Å²) in [6.07, 6.45) is 0.325. The van der Waals surface area contributed by atoms with Gasteiger partial charge in [-0.1, -0.05) is 11.8 Å². The van der Waals surface area contributed by atoms with Crippen molar-refractivity contribution < 1.29 is 24.8 Å². The monoisotopic (exact) mass is 424 g/mol. The lowest BCUT2D eigenvalue weighted by Gasteiger charge is -2.27. The molecule has 0 amide bonds. The van der Waals surface area contributed by atoms with Gasteiger partial charge in [-0.15, -0.1) is 0 Å². The van der Waals surface area contributed by atoms with Crippen LogP contribution in [-0.4, -0.2) is 61.4 Å². The van der Waals surface area contributed by atoms with Crippen molar-refractivity contribution in [2.24, 2.45) is 0 Å². The Bertz CT molecular complexity index is 1150. The maximum atomic E-state index is 11.0. The minimum absolute atomic E-state index is 0.176. The van der Waals surface area contributed by atoms with E-state index in [2.05, 4.69) is 21.8 Å². The average molecular weight is 424 g/mol. The first-order valence-electron chi connectivity index (χ1n) is 9.80. The molecule has 3 unspecified atom stereocenters. The van der Waals surface area contributed by atoms with Gasteiger partial charge in [-0.2, -0.15) is 0 Å². The standard InChI is InChI=1S/C22H24N4O5/c1-22(29)18(28)16(9-10-27)31-21(22)26-11-14(17-19(23)24-12-25-20(17)26)6-3-13-4-7-15(30-2)8-5-13/h4-5,7-8,11-12,16,18,21,27-29H,9-10H2,1-2H3,(H2,23,24,25)/t16?,18?,21?,22-/m1/s1. The lowest BCUT2D eigenvalue weighted by atomic mass is 9.95. The van der Waals surface area contributed by atoms with E-state index in [9.17, 15) is 15.3 Å². The third-order valence-electron chi connectivity index (χ3n) is 5.49. The third-order valence-corrected chi connectivity index (χ3v) is 5.49. The highest BCUT2D eigenvalue weighted by atomic mass is 16.6. The van der Waals surface area contributed by atoms with Gasteiger partial charge < -0.3 is 35.1 Å². The summed E-state index contributed by atoms with van der Waals surface area (Å²) in [5.74, 6) is 7.14. The molecular formula is C22H24N4O5. The van der Waals surface area contributed by atoms with E-state index in [-0.39, 0.29) is 18.8 Å². The first-order chi connectivity index (χ1) is 14.9. The number of fused-ring (bicyclic) bond motifs is 1. The Kier molecular flexibility index (Phi) is 5.56. The first-order valence-corrected chi connectivity index (χ1v) is 9.80. The van der Waals surface area contributed by atoms with Gasteiger partial charge in [0.15, 0.2) is 6.23 Å². The molecule has 1 aliphatic rings. The van der Waals surface area contributed by atoms with Gasteiger partial charge in [-0.05, 0) is 37.6 Å². The largest absolute Gasteiger partial charge is 0.497 e. The highest BCUT2D eigenvalue weighted by Crippen LogP contribution is 2.41. The van der Waals surface area contributed by atoms with Crippen molar-refractivity contribution in [1.29, 1.82) is 0 Å². The second-order valence-corrected chi connectivity index (χ2v) is 7.60. The highest BCUT2D eigenvalue weighted by Gasteiger charge is 2.53. The summed E-state index contributed by atoms with van der Waals surface area (Å²) in [7, 11) is 1.60. The van der Waals surface area contributed by atoms with Crippen LogP contribution in [0, 0.1) is 11.8 Å². The van der Waals surface area contributed by atoms with Gasteiger partial charge in [0.1, 0.15) is 35.2 Å². The van der Waals surface area contributed by atoms with Crippen LogP contribution in [0.2, 0.25) is 0 Å². The van der Waals surface area contributed by atoms with Crippen LogP contribution in [0.25, 0.3) is 11.0 Å². The third kappa shape index (κ3) is 3.71. The summed E-state index contributed by atoms with van der Waals surface area (Å²) < 4.78 is 12.7. The summed E-state index contributed by atoms with van der Waals surface area (Å²) >= 11 is 0. The summed E-state index contributed by atoms with van der Waals surface area (Å²) in [4.78, 5) is 8.38. The van der Waals surface area contributed by atoms with Crippen LogP contribution < -0.4 is 10.5 Å². The number of aromatic nitrogens is 3. The minimum atomic E-state index is -1.62. The predicted molar refractivity (Wildman–Crippen MR) is 113 cm³/mol. The van der Waals surface area contributed by atoms with E-state index in [1.54, 1.807) is 17.9 Å². The first kappa shape index (κ1) is 21.1. The van der Waals surface area contributed by atoms with E-state index in [0.717, 1.165) is 11.3 Å². The van der Waals surface area contributed by atoms with Crippen molar-refractivity contribution in [2.75, 3.05) is 19.5 Å². The van der Waals surface area contributed by atoms with Crippen LogP contribution in [0.15, 0.2) is 36.8 Å². The summed E-state index contributed by atoms with van der Waals surface area (Å²) in [6, 6.07) is 7.31. The minimum Gasteiger partial charge on any atom is -0.497 e. The molecule has 1 fully saturated rings. The zero-order chi connectivity index (χ0) is 22.2. The SMILES string of the molecule is COc1ccc(C#Cc2cn(C3OC(CCO)C(O)[C@@]3(C)O)c3ncnc(N)c23)cc1. The van der Waals surface area contributed by atoms with Gasteiger partial charge in [0, 0.05) is 18.4 Å². The number of methoxy groups -OCH3 is 1. The topological polar surface area (TPSA) is 136 Å². The van der Waals surface area contributed by atoms with E-state index < -0.39 is 24.0 Å². The van der Waals surface area contributed by atoms with Crippen molar-refractivity contribution in [3.63, 3.8) is 0 Å². The molecule has 2 aromatic heterocycles. The zero-order valence-electron chi connectivity index (χ0n) is 17.2. The molecule has 5 N–H and O–H groups in total. The number of hydrogen-bond acceptors (Lipinski definition) is 8. The molecule has 1 saturated heterocycles. The number of nitrogens with zero attached hydrogens (tertiary/aromatic N) is 3. The molecule has 0 bridgehead atoms.